The van der Waals surface area contributed by atoms with Gasteiger partial charge in [0.05, 0.1) is 5.41 Å². The summed E-state index contributed by atoms with van der Waals surface area (Å²) in [5.41, 5.74) is 1.62. The van der Waals surface area contributed by atoms with Crippen LogP contribution in [0.5, 0.6) is 0 Å². The molecule has 114 valence electrons. The number of hydrogen-bond donors (Lipinski definition) is 3. The lowest BCUT2D eigenvalue weighted by atomic mass is 9.88. The molecule has 0 aromatic heterocycles. The molecule has 0 saturated heterocycles. The molecule has 2 rings (SSSR count). The maximum atomic E-state index is 11.9. The lowest BCUT2D eigenvalue weighted by Crippen LogP contribution is -2.47. The molecular weight excluding hydrogens is 268 g/mol. The molecule has 0 saturated carbocycles. The van der Waals surface area contributed by atoms with Crippen LogP contribution in [0.15, 0.2) is 24.3 Å². The fourth-order valence-electron chi connectivity index (χ4n) is 2.52. The van der Waals surface area contributed by atoms with Crippen LogP contribution in [-0.4, -0.2) is 29.7 Å². The Bertz CT molecular complexity index is 519. The molecule has 0 radical (unpaired) electrons. The van der Waals surface area contributed by atoms with Crippen LogP contribution in [-0.2, 0) is 17.6 Å². The van der Waals surface area contributed by atoms with Crippen molar-refractivity contribution >= 4 is 12.0 Å². The van der Waals surface area contributed by atoms with Gasteiger partial charge >= 0.3 is 12.0 Å². The fourth-order valence-corrected chi connectivity index (χ4v) is 2.52. The van der Waals surface area contributed by atoms with E-state index in [1.807, 2.05) is 12.1 Å². The van der Waals surface area contributed by atoms with E-state index < -0.39 is 11.4 Å². The van der Waals surface area contributed by atoms with Gasteiger partial charge in [-0.15, -0.1) is 0 Å². The minimum absolute atomic E-state index is 0.0834. The Morgan fingerprint density at radius 3 is 2.33 bits per heavy atom. The van der Waals surface area contributed by atoms with Crippen LogP contribution in [0.2, 0.25) is 0 Å². The number of rotatable bonds is 5. The van der Waals surface area contributed by atoms with Gasteiger partial charge in [-0.1, -0.05) is 31.2 Å². The Kier molecular flexibility index (Phi) is 4.50. The standard InChI is InChI=1S/C16H22N2O3/c1-3-16(2,14(19)20)10-17-15(21)18-13-8-11-6-4-5-7-12(11)9-13/h4-7,13H,3,8-10H2,1-2H3,(H,19,20)(H2,17,18,21). The number of carboxylic acids is 1. The number of nitrogens with one attached hydrogen (secondary N) is 2. The van der Waals surface area contributed by atoms with E-state index in [1.165, 1.54) is 11.1 Å². The maximum absolute atomic E-state index is 11.9. The van der Waals surface area contributed by atoms with Gasteiger partial charge in [0.1, 0.15) is 0 Å². The molecule has 21 heavy (non-hydrogen) atoms. The molecule has 5 heteroatoms. The molecule has 0 spiro atoms. The first kappa shape index (κ1) is 15.4. The Morgan fingerprint density at radius 2 is 1.86 bits per heavy atom. The van der Waals surface area contributed by atoms with Crippen LogP contribution in [0.4, 0.5) is 4.79 Å². The van der Waals surface area contributed by atoms with Gasteiger partial charge in [-0.2, -0.15) is 0 Å². The zero-order valence-corrected chi connectivity index (χ0v) is 12.5. The highest BCUT2D eigenvalue weighted by atomic mass is 16.4. The van der Waals surface area contributed by atoms with Crippen LogP contribution < -0.4 is 10.6 Å². The highest BCUT2D eigenvalue weighted by molar-refractivity contribution is 5.78. The van der Waals surface area contributed by atoms with Crippen molar-refractivity contribution in [1.82, 2.24) is 10.6 Å². The first-order chi connectivity index (χ1) is 9.94. The average Bonchev–Trinajstić information content (AvgIpc) is 2.86. The molecule has 1 atom stereocenters. The van der Waals surface area contributed by atoms with Gasteiger partial charge in [-0.3, -0.25) is 4.79 Å². The number of hydrogen-bond acceptors (Lipinski definition) is 2. The molecule has 1 aromatic rings. The van der Waals surface area contributed by atoms with E-state index in [4.69, 9.17) is 0 Å². The monoisotopic (exact) mass is 290 g/mol. The predicted octanol–water partition coefficient (Wildman–Crippen LogP) is 1.95. The van der Waals surface area contributed by atoms with Crippen LogP contribution in [0.3, 0.4) is 0 Å². The van der Waals surface area contributed by atoms with Gasteiger partial charge in [-0.05, 0) is 37.3 Å². The summed E-state index contributed by atoms with van der Waals surface area (Å²) in [7, 11) is 0. The van der Waals surface area contributed by atoms with Gasteiger partial charge in [0, 0.05) is 12.6 Å². The van der Waals surface area contributed by atoms with E-state index in [0.29, 0.717) is 6.42 Å². The van der Waals surface area contributed by atoms with Gasteiger partial charge in [-0.25, -0.2) is 4.79 Å². The summed E-state index contributed by atoms with van der Waals surface area (Å²) >= 11 is 0. The van der Waals surface area contributed by atoms with Crippen LogP contribution in [0.25, 0.3) is 0 Å². The van der Waals surface area contributed by atoms with Crippen molar-refractivity contribution in [2.45, 2.75) is 39.2 Å². The molecule has 0 heterocycles. The normalized spacial score (nSPS) is 16.9. The molecule has 1 aliphatic carbocycles. The maximum Gasteiger partial charge on any atom is 0.315 e. The van der Waals surface area contributed by atoms with Crippen LogP contribution >= 0.6 is 0 Å². The molecule has 5 nitrogen and oxygen atoms in total. The number of fused-ring (bicyclic) bond motifs is 1. The molecule has 0 fully saturated rings. The smallest absolute Gasteiger partial charge is 0.315 e. The minimum atomic E-state index is -0.921. The Hall–Kier alpha value is -2.04. The first-order valence-corrected chi connectivity index (χ1v) is 7.29. The number of carbonyl (C=O) groups is 2. The topological polar surface area (TPSA) is 78.4 Å². The Balaban J connectivity index is 1.83. The third-order valence-electron chi connectivity index (χ3n) is 4.32. The SMILES string of the molecule is CCC(C)(CNC(=O)NC1Cc2ccccc2C1)C(=O)O. The van der Waals surface area contributed by atoms with Gasteiger partial charge in [0.25, 0.3) is 0 Å². The molecule has 3 N–H and O–H groups in total. The summed E-state index contributed by atoms with van der Waals surface area (Å²) < 4.78 is 0. The van der Waals surface area contributed by atoms with Crippen molar-refractivity contribution in [3.05, 3.63) is 35.4 Å². The van der Waals surface area contributed by atoms with Crippen molar-refractivity contribution < 1.29 is 14.7 Å². The zero-order chi connectivity index (χ0) is 15.5. The number of amides is 2. The lowest BCUT2D eigenvalue weighted by molar-refractivity contribution is -0.147. The summed E-state index contributed by atoms with van der Waals surface area (Å²) in [6.45, 7) is 3.58. The van der Waals surface area contributed by atoms with E-state index in [1.54, 1.807) is 13.8 Å². The molecule has 2 amide bonds. The first-order valence-electron chi connectivity index (χ1n) is 7.29. The number of benzene rings is 1. The zero-order valence-electron chi connectivity index (χ0n) is 12.5. The number of urea groups is 1. The lowest BCUT2D eigenvalue weighted by Gasteiger charge is -2.24. The third kappa shape index (κ3) is 3.54. The highest BCUT2D eigenvalue weighted by Gasteiger charge is 2.32. The van der Waals surface area contributed by atoms with E-state index in [-0.39, 0.29) is 18.6 Å². The minimum Gasteiger partial charge on any atom is -0.481 e. The second kappa shape index (κ2) is 6.16. The van der Waals surface area contributed by atoms with Gasteiger partial charge < -0.3 is 15.7 Å². The van der Waals surface area contributed by atoms with Crippen molar-refractivity contribution in [1.29, 1.82) is 0 Å². The fraction of sp³-hybridized carbons (Fsp3) is 0.500. The highest BCUT2D eigenvalue weighted by Crippen LogP contribution is 2.22. The number of carbonyl (C=O) groups excluding carboxylic acids is 1. The summed E-state index contributed by atoms with van der Waals surface area (Å²) in [4.78, 5) is 23.1. The van der Waals surface area contributed by atoms with E-state index in [9.17, 15) is 14.7 Å². The van der Waals surface area contributed by atoms with Gasteiger partial charge in [0.15, 0.2) is 0 Å². The quantitative estimate of drug-likeness (QED) is 0.775. The number of carboxylic acid groups (broad SMARTS) is 1. The predicted molar refractivity (Wildman–Crippen MR) is 80.2 cm³/mol. The molecular formula is C16H22N2O3. The van der Waals surface area contributed by atoms with Crippen LogP contribution in [0, 0.1) is 5.41 Å². The molecule has 1 aromatic carbocycles. The molecule has 1 aliphatic rings. The summed E-state index contributed by atoms with van der Waals surface area (Å²) in [6, 6.07) is 7.94. The van der Waals surface area contributed by atoms with Crippen molar-refractivity contribution in [2.75, 3.05) is 6.54 Å². The second-order valence-electron chi connectivity index (χ2n) is 5.92. The summed E-state index contributed by atoms with van der Waals surface area (Å²) in [6.07, 6.45) is 2.12. The Labute approximate surface area is 124 Å². The largest absolute Gasteiger partial charge is 0.481 e. The summed E-state index contributed by atoms with van der Waals surface area (Å²) in [5, 5.41) is 14.8. The van der Waals surface area contributed by atoms with Crippen molar-refractivity contribution in [2.24, 2.45) is 5.41 Å². The van der Waals surface area contributed by atoms with Crippen LogP contribution in [0.1, 0.15) is 31.4 Å². The van der Waals surface area contributed by atoms with E-state index >= 15 is 0 Å². The van der Waals surface area contributed by atoms with E-state index in [2.05, 4.69) is 22.8 Å². The van der Waals surface area contributed by atoms with Gasteiger partial charge in [0.2, 0.25) is 0 Å². The van der Waals surface area contributed by atoms with E-state index in [0.717, 1.165) is 12.8 Å². The Morgan fingerprint density at radius 1 is 1.29 bits per heavy atom. The molecule has 0 bridgehead atoms. The summed E-state index contributed by atoms with van der Waals surface area (Å²) in [5.74, 6) is -0.890. The molecule has 0 aliphatic heterocycles. The average molecular weight is 290 g/mol. The molecule has 1 unspecified atom stereocenters. The number of aliphatic carboxylic acids is 1. The second-order valence-corrected chi connectivity index (χ2v) is 5.92. The van der Waals surface area contributed by atoms with Crippen molar-refractivity contribution in [3.63, 3.8) is 0 Å². The van der Waals surface area contributed by atoms with Crippen molar-refractivity contribution in [3.8, 4) is 0 Å². The third-order valence-corrected chi connectivity index (χ3v) is 4.32.